The molecule has 0 saturated carbocycles. The lowest BCUT2D eigenvalue weighted by Crippen LogP contribution is -2.29. The van der Waals surface area contributed by atoms with E-state index in [4.69, 9.17) is 9.05 Å². The first kappa shape index (κ1) is 15.5. The molecule has 1 aliphatic rings. The molecule has 0 radical (unpaired) electrons. The zero-order valence-electron chi connectivity index (χ0n) is 14.0. The predicted octanol–water partition coefficient (Wildman–Crippen LogP) is 2.37. The van der Waals surface area contributed by atoms with Crippen molar-refractivity contribution in [2.45, 2.75) is 26.2 Å². The minimum atomic E-state index is -0.0646. The summed E-state index contributed by atoms with van der Waals surface area (Å²) < 4.78 is 10.5. The molecule has 1 aromatic carbocycles. The number of hydrogen-bond donors (Lipinski definition) is 0. The Labute approximate surface area is 143 Å². The molecule has 0 unspecified atom stereocenters. The first-order valence-electron chi connectivity index (χ1n) is 8.11. The molecule has 0 bridgehead atoms. The van der Waals surface area contributed by atoms with Gasteiger partial charge in [-0.15, -0.1) is 0 Å². The summed E-state index contributed by atoms with van der Waals surface area (Å²) in [6.07, 6.45) is 0.801. The number of likely N-dealkylation sites (tertiary alicyclic amines) is 1. The second-order valence-electron chi connectivity index (χ2n) is 6.11. The second-order valence-corrected chi connectivity index (χ2v) is 6.11. The van der Waals surface area contributed by atoms with Crippen molar-refractivity contribution in [3.63, 3.8) is 0 Å². The third-order valence-corrected chi connectivity index (χ3v) is 4.28. The molecule has 3 aromatic rings. The maximum Gasteiger partial charge on any atom is 0.258 e. The lowest BCUT2D eigenvalue weighted by molar-refractivity contribution is 0.0790. The zero-order chi connectivity index (χ0) is 17.4. The van der Waals surface area contributed by atoms with E-state index < -0.39 is 0 Å². The van der Waals surface area contributed by atoms with Crippen LogP contribution in [0.25, 0.3) is 11.5 Å². The molecule has 25 heavy (non-hydrogen) atoms. The minimum Gasteiger partial charge on any atom is -0.339 e. The van der Waals surface area contributed by atoms with Crippen LogP contribution in [0.1, 0.15) is 40.2 Å². The van der Waals surface area contributed by atoms with E-state index in [-0.39, 0.29) is 11.8 Å². The predicted molar refractivity (Wildman–Crippen MR) is 86.8 cm³/mol. The van der Waals surface area contributed by atoms with E-state index in [9.17, 15) is 4.79 Å². The van der Waals surface area contributed by atoms with Crippen LogP contribution in [0.5, 0.6) is 0 Å². The average molecular weight is 339 g/mol. The largest absolute Gasteiger partial charge is 0.339 e. The van der Waals surface area contributed by atoms with Crippen LogP contribution in [-0.2, 0) is 0 Å². The SMILES string of the molecule is Cc1noc(-c2ccccc2C(=O)N2CC[C@@H](c3nc(C)no3)C2)n1. The van der Waals surface area contributed by atoms with E-state index in [0.717, 1.165) is 6.42 Å². The van der Waals surface area contributed by atoms with E-state index in [1.54, 1.807) is 24.8 Å². The van der Waals surface area contributed by atoms with E-state index >= 15 is 0 Å². The summed E-state index contributed by atoms with van der Waals surface area (Å²) in [6, 6.07) is 7.27. The number of carbonyl (C=O) groups excluding carboxylic acids is 1. The van der Waals surface area contributed by atoms with Crippen LogP contribution in [0, 0.1) is 13.8 Å². The van der Waals surface area contributed by atoms with E-state index in [2.05, 4.69) is 20.3 Å². The van der Waals surface area contributed by atoms with Gasteiger partial charge < -0.3 is 13.9 Å². The maximum absolute atomic E-state index is 13.0. The number of aryl methyl sites for hydroxylation is 2. The molecule has 4 rings (SSSR count). The van der Waals surface area contributed by atoms with Crippen LogP contribution in [0.15, 0.2) is 33.3 Å². The van der Waals surface area contributed by atoms with Crippen LogP contribution < -0.4 is 0 Å². The highest BCUT2D eigenvalue weighted by atomic mass is 16.5. The first-order chi connectivity index (χ1) is 12.1. The van der Waals surface area contributed by atoms with Crippen molar-refractivity contribution in [2.24, 2.45) is 0 Å². The number of carbonyl (C=O) groups is 1. The summed E-state index contributed by atoms with van der Waals surface area (Å²) >= 11 is 0. The van der Waals surface area contributed by atoms with Gasteiger partial charge in [-0.05, 0) is 32.4 Å². The molecule has 0 spiro atoms. The number of amides is 1. The summed E-state index contributed by atoms with van der Waals surface area (Å²) in [5.74, 6) is 2.09. The first-order valence-corrected chi connectivity index (χ1v) is 8.11. The topological polar surface area (TPSA) is 98.2 Å². The smallest absolute Gasteiger partial charge is 0.258 e. The van der Waals surface area contributed by atoms with E-state index in [1.165, 1.54) is 0 Å². The molecule has 2 aromatic heterocycles. The molecular formula is C17H17N5O3. The van der Waals surface area contributed by atoms with Crippen LogP contribution >= 0.6 is 0 Å². The van der Waals surface area contributed by atoms with Crippen LogP contribution in [-0.4, -0.2) is 44.2 Å². The van der Waals surface area contributed by atoms with Gasteiger partial charge in [0.1, 0.15) is 0 Å². The van der Waals surface area contributed by atoms with Crippen molar-refractivity contribution < 1.29 is 13.8 Å². The highest BCUT2D eigenvalue weighted by Gasteiger charge is 2.32. The molecule has 0 N–H and O–H groups in total. The molecule has 1 saturated heterocycles. The third-order valence-electron chi connectivity index (χ3n) is 4.28. The van der Waals surface area contributed by atoms with Crippen molar-refractivity contribution in [3.8, 4) is 11.5 Å². The van der Waals surface area contributed by atoms with Crippen LogP contribution in [0.4, 0.5) is 0 Å². The molecule has 8 heteroatoms. The van der Waals surface area contributed by atoms with Gasteiger partial charge in [0.2, 0.25) is 5.89 Å². The number of aromatic nitrogens is 4. The Morgan fingerprint density at radius 1 is 1.12 bits per heavy atom. The fourth-order valence-electron chi connectivity index (χ4n) is 3.06. The fourth-order valence-corrected chi connectivity index (χ4v) is 3.06. The monoisotopic (exact) mass is 339 g/mol. The summed E-state index contributed by atoms with van der Waals surface area (Å²) in [5, 5.41) is 7.63. The van der Waals surface area contributed by atoms with Crippen molar-refractivity contribution in [1.29, 1.82) is 0 Å². The number of hydrogen-bond acceptors (Lipinski definition) is 7. The number of benzene rings is 1. The molecule has 1 amide bonds. The molecule has 1 fully saturated rings. The molecule has 1 aliphatic heterocycles. The summed E-state index contributed by atoms with van der Waals surface area (Å²) in [4.78, 5) is 23.3. The van der Waals surface area contributed by atoms with Gasteiger partial charge in [0.05, 0.1) is 17.0 Å². The lowest BCUT2D eigenvalue weighted by Gasteiger charge is -2.17. The van der Waals surface area contributed by atoms with Crippen molar-refractivity contribution in [1.82, 2.24) is 25.2 Å². The standard InChI is InChI=1S/C17H17N5O3/c1-10-18-15(24-20-10)12-7-8-22(9-12)17(23)14-6-4-3-5-13(14)16-19-11(2)21-25-16/h3-6,12H,7-9H2,1-2H3/t12-/m1/s1. The zero-order valence-corrected chi connectivity index (χ0v) is 14.0. The van der Waals surface area contributed by atoms with Gasteiger partial charge in [0, 0.05) is 13.1 Å². The van der Waals surface area contributed by atoms with Gasteiger partial charge in [-0.25, -0.2) is 0 Å². The van der Waals surface area contributed by atoms with Crippen LogP contribution in [0.2, 0.25) is 0 Å². The second kappa shape index (κ2) is 6.12. The van der Waals surface area contributed by atoms with Gasteiger partial charge in [0.15, 0.2) is 11.6 Å². The van der Waals surface area contributed by atoms with Gasteiger partial charge in [-0.3, -0.25) is 4.79 Å². The van der Waals surface area contributed by atoms with E-state index in [1.807, 2.05) is 18.2 Å². The summed E-state index contributed by atoms with van der Waals surface area (Å²) in [7, 11) is 0. The molecule has 3 heterocycles. The Kier molecular flexibility index (Phi) is 3.79. The van der Waals surface area contributed by atoms with Crippen molar-refractivity contribution in [2.75, 3.05) is 13.1 Å². The van der Waals surface area contributed by atoms with Crippen molar-refractivity contribution in [3.05, 3.63) is 47.4 Å². The maximum atomic E-state index is 13.0. The molecular weight excluding hydrogens is 322 g/mol. The Balaban J connectivity index is 1.58. The van der Waals surface area contributed by atoms with Gasteiger partial charge >= 0.3 is 0 Å². The highest BCUT2D eigenvalue weighted by molar-refractivity contribution is 6.00. The minimum absolute atomic E-state index is 0.0646. The van der Waals surface area contributed by atoms with Gasteiger partial charge in [-0.2, -0.15) is 9.97 Å². The molecule has 8 nitrogen and oxygen atoms in total. The van der Waals surface area contributed by atoms with E-state index in [0.29, 0.717) is 47.6 Å². The Morgan fingerprint density at radius 2 is 1.88 bits per heavy atom. The molecule has 0 aliphatic carbocycles. The molecule has 1 atom stereocenters. The molecule has 128 valence electrons. The van der Waals surface area contributed by atoms with Crippen molar-refractivity contribution >= 4 is 5.91 Å². The Morgan fingerprint density at radius 3 is 2.60 bits per heavy atom. The lowest BCUT2D eigenvalue weighted by atomic mass is 10.1. The quantitative estimate of drug-likeness (QED) is 0.722. The van der Waals surface area contributed by atoms with Crippen LogP contribution in [0.3, 0.4) is 0 Å². The van der Waals surface area contributed by atoms with Gasteiger partial charge in [0.25, 0.3) is 11.8 Å². The Bertz CT molecular complexity index is 916. The normalized spacial score (nSPS) is 17.2. The Hall–Kier alpha value is -3.03. The van der Waals surface area contributed by atoms with Gasteiger partial charge in [-0.1, -0.05) is 22.4 Å². The third kappa shape index (κ3) is 2.90. The number of nitrogens with zero attached hydrogens (tertiary/aromatic N) is 5. The number of rotatable bonds is 3. The highest BCUT2D eigenvalue weighted by Crippen LogP contribution is 2.29. The average Bonchev–Trinajstić information content (AvgIpc) is 3.34. The summed E-state index contributed by atoms with van der Waals surface area (Å²) in [6.45, 7) is 4.72. The summed E-state index contributed by atoms with van der Waals surface area (Å²) in [5.41, 5.74) is 1.19. The fraction of sp³-hybridized carbons (Fsp3) is 0.353.